The Morgan fingerprint density at radius 2 is 1.54 bits per heavy atom. The van der Waals surface area contributed by atoms with Crippen LogP contribution in [0.2, 0.25) is 0 Å². The van der Waals surface area contributed by atoms with Gasteiger partial charge in [0, 0.05) is 6.07 Å². The van der Waals surface area contributed by atoms with Crippen LogP contribution in [0.5, 0.6) is 0 Å². The third-order valence-electron chi connectivity index (χ3n) is 4.15. The van der Waals surface area contributed by atoms with Crippen LogP contribution in [0, 0.1) is 0 Å². The number of nitrogens with two attached hydrogens (primary N) is 1. The van der Waals surface area contributed by atoms with E-state index in [0.717, 1.165) is 11.1 Å². The molecule has 0 radical (unpaired) electrons. The molecule has 0 saturated heterocycles. The molecule has 6 heteroatoms. The fourth-order valence-corrected chi connectivity index (χ4v) is 2.95. The standard InChI is InChI=1S/C20H20N4O2/c1-23(14-24-18(25)13-12-17(22-24)20(21)26)19(15-8-4-2-5-9-15)16-10-6-3-7-11-16/h2-13,19H,14H2,1H3,(H2,21,26). The molecule has 3 aromatic rings. The van der Waals surface area contributed by atoms with Crippen LogP contribution in [0.3, 0.4) is 0 Å². The van der Waals surface area contributed by atoms with Gasteiger partial charge in [-0.15, -0.1) is 0 Å². The quantitative estimate of drug-likeness (QED) is 0.739. The Balaban J connectivity index is 1.97. The molecule has 0 saturated carbocycles. The fourth-order valence-electron chi connectivity index (χ4n) is 2.95. The molecule has 132 valence electrons. The predicted molar refractivity (Wildman–Crippen MR) is 99.5 cm³/mol. The lowest BCUT2D eigenvalue weighted by molar-refractivity contribution is 0.0991. The van der Waals surface area contributed by atoms with Crippen LogP contribution in [0.1, 0.15) is 27.7 Å². The summed E-state index contributed by atoms with van der Waals surface area (Å²) >= 11 is 0. The van der Waals surface area contributed by atoms with Crippen LogP contribution < -0.4 is 11.3 Å². The summed E-state index contributed by atoms with van der Waals surface area (Å²) in [4.78, 5) is 25.5. The minimum atomic E-state index is -0.663. The zero-order valence-corrected chi connectivity index (χ0v) is 14.4. The number of benzene rings is 2. The topological polar surface area (TPSA) is 81.2 Å². The Kier molecular flexibility index (Phi) is 5.24. The number of aromatic nitrogens is 2. The van der Waals surface area contributed by atoms with E-state index in [1.165, 1.54) is 16.8 Å². The highest BCUT2D eigenvalue weighted by molar-refractivity contribution is 5.90. The first-order valence-corrected chi connectivity index (χ1v) is 8.24. The van der Waals surface area contributed by atoms with Gasteiger partial charge in [-0.2, -0.15) is 5.10 Å². The van der Waals surface area contributed by atoms with E-state index < -0.39 is 5.91 Å². The monoisotopic (exact) mass is 348 g/mol. The third kappa shape index (κ3) is 3.87. The normalized spacial score (nSPS) is 11.0. The highest BCUT2D eigenvalue weighted by atomic mass is 16.1. The maximum atomic E-state index is 12.1. The summed E-state index contributed by atoms with van der Waals surface area (Å²) in [6, 6.07) is 22.6. The zero-order chi connectivity index (χ0) is 18.5. The minimum Gasteiger partial charge on any atom is -0.364 e. The Hall–Kier alpha value is -3.25. The molecule has 1 aromatic heterocycles. The molecule has 0 aliphatic rings. The Morgan fingerprint density at radius 3 is 2.04 bits per heavy atom. The first-order valence-electron chi connectivity index (χ1n) is 8.24. The summed E-state index contributed by atoms with van der Waals surface area (Å²) in [5.41, 5.74) is 7.24. The highest BCUT2D eigenvalue weighted by Crippen LogP contribution is 2.27. The van der Waals surface area contributed by atoms with E-state index in [2.05, 4.69) is 5.10 Å². The van der Waals surface area contributed by atoms with Crippen LogP contribution in [-0.2, 0) is 6.67 Å². The number of hydrogen-bond acceptors (Lipinski definition) is 4. The van der Waals surface area contributed by atoms with E-state index >= 15 is 0 Å². The van der Waals surface area contributed by atoms with Gasteiger partial charge in [0.05, 0.1) is 12.7 Å². The lowest BCUT2D eigenvalue weighted by Gasteiger charge is -2.29. The second kappa shape index (κ2) is 7.76. The van der Waals surface area contributed by atoms with Crippen LogP contribution in [0.25, 0.3) is 0 Å². The largest absolute Gasteiger partial charge is 0.364 e. The summed E-state index contributed by atoms with van der Waals surface area (Å²) in [6.07, 6.45) is 0. The van der Waals surface area contributed by atoms with E-state index in [1.807, 2.05) is 72.6 Å². The highest BCUT2D eigenvalue weighted by Gasteiger charge is 2.20. The van der Waals surface area contributed by atoms with Crippen molar-refractivity contribution in [1.29, 1.82) is 0 Å². The number of nitrogens with zero attached hydrogens (tertiary/aromatic N) is 3. The molecule has 1 heterocycles. The van der Waals surface area contributed by atoms with Gasteiger partial charge in [-0.25, -0.2) is 4.68 Å². The Labute approximate surface area is 151 Å². The molecule has 1 amide bonds. The van der Waals surface area contributed by atoms with Crippen LogP contribution in [0.4, 0.5) is 0 Å². The van der Waals surface area contributed by atoms with E-state index in [9.17, 15) is 9.59 Å². The van der Waals surface area contributed by atoms with Crippen molar-refractivity contribution in [1.82, 2.24) is 14.7 Å². The molecule has 6 nitrogen and oxygen atoms in total. The van der Waals surface area contributed by atoms with Crippen molar-refractivity contribution in [3.05, 3.63) is 100.0 Å². The van der Waals surface area contributed by atoms with Gasteiger partial charge in [-0.05, 0) is 24.2 Å². The number of carbonyl (C=O) groups excluding carboxylic acids is 1. The zero-order valence-electron chi connectivity index (χ0n) is 14.4. The first-order chi connectivity index (χ1) is 12.6. The number of amides is 1. The molecule has 26 heavy (non-hydrogen) atoms. The smallest absolute Gasteiger partial charge is 0.269 e. The van der Waals surface area contributed by atoms with Crippen molar-refractivity contribution in [3.8, 4) is 0 Å². The lowest BCUT2D eigenvalue weighted by atomic mass is 9.98. The second-order valence-corrected chi connectivity index (χ2v) is 6.04. The molecule has 2 aromatic carbocycles. The molecule has 0 fully saturated rings. The summed E-state index contributed by atoms with van der Waals surface area (Å²) in [6.45, 7) is 0.217. The molecular weight excluding hydrogens is 328 g/mol. The van der Waals surface area contributed by atoms with Gasteiger partial charge in [-0.1, -0.05) is 60.7 Å². The van der Waals surface area contributed by atoms with Gasteiger partial charge in [0.2, 0.25) is 0 Å². The molecule has 2 N–H and O–H groups in total. The lowest BCUT2D eigenvalue weighted by Crippen LogP contribution is -2.35. The summed E-state index contributed by atoms with van der Waals surface area (Å²) in [5, 5.41) is 4.07. The molecule has 0 bridgehead atoms. The first kappa shape index (κ1) is 17.6. The van der Waals surface area contributed by atoms with E-state index in [1.54, 1.807) is 0 Å². The van der Waals surface area contributed by atoms with Crippen molar-refractivity contribution >= 4 is 5.91 Å². The molecule has 0 aliphatic carbocycles. The van der Waals surface area contributed by atoms with Gasteiger partial charge in [0.25, 0.3) is 11.5 Å². The maximum absolute atomic E-state index is 12.1. The summed E-state index contributed by atoms with van der Waals surface area (Å²) in [5.74, 6) is -0.663. The fraction of sp³-hybridized carbons (Fsp3) is 0.150. The predicted octanol–water partition coefficient (Wildman–Crippen LogP) is 2.02. The van der Waals surface area contributed by atoms with E-state index in [-0.39, 0.29) is 24.0 Å². The van der Waals surface area contributed by atoms with Gasteiger partial charge in [0.15, 0.2) is 0 Å². The maximum Gasteiger partial charge on any atom is 0.269 e. The molecule has 0 spiro atoms. The Morgan fingerprint density at radius 1 is 1.00 bits per heavy atom. The van der Waals surface area contributed by atoms with Crippen molar-refractivity contribution in [3.63, 3.8) is 0 Å². The number of rotatable bonds is 6. The van der Waals surface area contributed by atoms with Gasteiger partial charge in [0.1, 0.15) is 5.69 Å². The molecule has 0 unspecified atom stereocenters. The average Bonchev–Trinajstić information content (AvgIpc) is 2.65. The van der Waals surface area contributed by atoms with Crippen LogP contribution >= 0.6 is 0 Å². The molecule has 0 aliphatic heterocycles. The summed E-state index contributed by atoms with van der Waals surface area (Å²) in [7, 11) is 1.91. The van der Waals surface area contributed by atoms with Crippen molar-refractivity contribution in [2.45, 2.75) is 12.7 Å². The molecule has 0 atom stereocenters. The number of primary amides is 1. The third-order valence-corrected chi connectivity index (χ3v) is 4.15. The number of hydrogen-bond donors (Lipinski definition) is 1. The van der Waals surface area contributed by atoms with Crippen molar-refractivity contribution in [2.75, 3.05) is 7.05 Å². The van der Waals surface area contributed by atoms with Crippen LogP contribution in [0.15, 0.2) is 77.6 Å². The van der Waals surface area contributed by atoms with Gasteiger partial charge < -0.3 is 5.73 Å². The van der Waals surface area contributed by atoms with E-state index in [4.69, 9.17) is 5.73 Å². The van der Waals surface area contributed by atoms with Crippen LogP contribution in [-0.4, -0.2) is 27.6 Å². The summed E-state index contributed by atoms with van der Waals surface area (Å²) < 4.78 is 1.25. The minimum absolute atomic E-state index is 0.0639. The van der Waals surface area contributed by atoms with Crippen molar-refractivity contribution < 1.29 is 4.79 Å². The van der Waals surface area contributed by atoms with Gasteiger partial charge >= 0.3 is 0 Å². The Bertz CT molecular complexity index is 899. The van der Waals surface area contributed by atoms with Gasteiger partial charge in [-0.3, -0.25) is 14.5 Å². The number of carbonyl (C=O) groups is 1. The van der Waals surface area contributed by atoms with Crippen molar-refractivity contribution in [2.24, 2.45) is 5.73 Å². The van der Waals surface area contributed by atoms with E-state index in [0.29, 0.717) is 0 Å². The average molecular weight is 348 g/mol. The molecular formula is C20H20N4O2. The molecule has 3 rings (SSSR count). The SMILES string of the molecule is CN(Cn1nc(C(N)=O)ccc1=O)C(c1ccccc1)c1ccccc1. The second-order valence-electron chi connectivity index (χ2n) is 6.04.